The number of esters is 1. The highest BCUT2D eigenvalue weighted by atomic mass is 16.5. The first kappa shape index (κ1) is 16.3. The summed E-state index contributed by atoms with van der Waals surface area (Å²) in [5.41, 5.74) is 5.02. The van der Waals surface area contributed by atoms with Gasteiger partial charge in [-0.1, -0.05) is 36.4 Å². The number of hydrogen-bond donors (Lipinski definition) is 0. The summed E-state index contributed by atoms with van der Waals surface area (Å²) < 4.78 is 10.5. The van der Waals surface area contributed by atoms with E-state index in [0.29, 0.717) is 18.4 Å². The van der Waals surface area contributed by atoms with Crippen LogP contribution in [0.25, 0.3) is 11.6 Å². The smallest absolute Gasteiger partial charge is 0.338 e. The molecule has 0 N–H and O–H groups in total. The lowest BCUT2D eigenvalue weighted by molar-refractivity contribution is -0.134. The number of fused-ring (bicyclic) bond motifs is 1. The molecule has 0 amide bonds. The van der Waals surface area contributed by atoms with Crippen LogP contribution in [0.4, 0.5) is 0 Å². The van der Waals surface area contributed by atoms with Gasteiger partial charge in [-0.25, -0.2) is 4.79 Å². The average Bonchev–Trinajstić information content (AvgIpc) is 3.03. The lowest BCUT2D eigenvalue weighted by Crippen LogP contribution is -2.11. The number of benzene rings is 2. The summed E-state index contributed by atoms with van der Waals surface area (Å²) in [6.07, 6.45) is 2.93. The van der Waals surface area contributed by atoms with Crippen molar-refractivity contribution < 1.29 is 19.1 Å². The van der Waals surface area contributed by atoms with Crippen molar-refractivity contribution in [3.8, 4) is 5.75 Å². The highest BCUT2D eigenvalue weighted by molar-refractivity contribution is 6.08. The van der Waals surface area contributed by atoms with Gasteiger partial charge in [0.05, 0.1) is 12.7 Å². The van der Waals surface area contributed by atoms with Gasteiger partial charge in [0.2, 0.25) is 0 Å². The van der Waals surface area contributed by atoms with E-state index in [1.165, 1.54) is 0 Å². The Bertz CT molecular complexity index is 948. The van der Waals surface area contributed by atoms with Crippen LogP contribution in [0.3, 0.4) is 0 Å². The molecule has 2 aromatic carbocycles. The minimum Gasteiger partial charge on any atom is -0.497 e. The Morgan fingerprint density at radius 1 is 0.923 bits per heavy atom. The highest BCUT2D eigenvalue weighted by Crippen LogP contribution is 2.38. The molecule has 0 unspecified atom stereocenters. The first-order valence-electron chi connectivity index (χ1n) is 8.55. The van der Waals surface area contributed by atoms with E-state index < -0.39 is 0 Å². The number of methoxy groups -OCH3 is 1. The number of allylic oxidation sites excluding steroid dienone is 1. The molecular weight excluding hydrogens is 328 g/mol. The molecule has 0 bridgehead atoms. The van der Waals surface area contributed by atoms with E-state index in [-0.39, 0.29) is 18.4 Å². The fourth-order valence-electron chi connectivity index (χ4n) is 3.49. The second kappa shape index (κ2) is 6.64. The Hall–Kier alpha value is -3.14. The van der Waals surface area contributed by atoms with Crippen molar-refractivity contribution in [1.29, 1.82) is 0 Å². The van der Waals surface area contributed by atoms with E-state index in [1.54, 1.807) is 7.11 Å². The summed E-state index contributed by atoms with van der Waals surface area (Å²) in [6.45, 7) is 0.249. The van der Waals surface area contributed by atoms with Crippen molar-refractivity contribution in [2.75, 3.05) is 13.7 Å². The number of hydrogen-bond acceptors (Lipinski definition) is 4. The molecule has 0 aromatic heterocycles. The van der Waals surface area contributed by atoms with Gasteiger partial charge < -0.3 is 9.47 Å². The summed E-state index contributed by atoms with van der Waals surface area (Å²) in [6, 6.07) is 15.1. The zero-order valence-corrected chi connectivity index (χ0v) is 14.5. The molecule has 4 rings (SSSR count). The van der Waals surface area contributed by atoms with Crippen molar-refractivity contribution in [3.05, 3.63) is 76.4 Å². The van der Waals surface area contributed by atoms with E-state index in [1.807, 2.05) is 54.6 Å². The van der Waals surface area contributed by atoms with Crippen LogP contribution in [0.1, 0.15) is 34.3 Å². The summed E-state index contributed by atoms with van der Waals surface area (Å²) in [5, 5.41) is 0. The molecule has 4 heteroatoms. The monoisotopic (exact) mass is 346 g/mol. The number of carbonyl (C=O) groups is 2. The largest absolute Gasteiger partial charge is 0.497 e. The Morgan fingerprint density at radius 3 is 2.38 bits per heavy atom. The second-order valence-electron chi connectivity index (χ2n) is 6.33. The zero-order chi connectivity index (χ0) is 18.1. The molecule has 0 atom stereocenters. The normalized spacial score (nSPS) is 20.9. The minimum absolute atomic E-state index is 0.149. The summed E-state index contributed by atoms with van der Waals surface area (Å²) in [4.78, 5) is 24.5. The molecule has 2 aromatic rings. The van der Waals surface area contributed by atoms with E-state index in [0.717, 1.165) is 33.6 Å². The summed E-state index contributed by atoms with van der Waals surface area (Å²) in [7, 11) is 1.62. The molecule has 0 spiro atoms. The van der Waals surface area contributed by atoms with Gasteiger partial charge in [0.15, 0.2) is 5.78 Å². The van der Waals surface area contributed by atoms with Crippen LogP contribution >= 0.6 is 0 Å². The molecule has 0 saturated carbocycles. The third kappa shape index (κ3) is 2.84. The molecule has 2 aliphatic rings. The third-order valence-corrected chi connectivity index (χ3v) is 4.84. The van der Waals surface area contributed by atoms with Gasteiger partial charge in [-0.05, 0) is 41.3 Å². The zero-order valence-electron chi connectivity index (χ0n) is 14.5. The van der Waals surface area contributed by atoms with E-state index >= 15 is 0 Å². The van der Waals surface area contributed by atoms with Crippen molar-refractivity contribution in [1.82, 2.24) is 0 Å². The maximum absolute atomic E-state index is 12.3. The molecule has 4 nitrogen and oxygen atoms in total. The van der Waals surface area contributed by atoms with Gasteiger partial charge in [-0.2, -0.15) is 0 Å². The summed E-state index contributed by atoms with van der Waals surface area (Å²) in [5.74, 6) is 0.591. The predicted octanol–water partition coefficient (Wildman–Crippen LogP) is 4.07. The molecule has 26 heavy (non-hydrogen) atoms. The number of rotatable bonds is 2. The maximum atomic E-state index is 12.3. The molecular formula is C22H18O4. The lowest BCUT2D eigenvalue weighted by Gasteiger charge is -2.19. The Kier molecular flexibility index (Phi) is 4.17. The molecule has 1 saturated heterocycles. The second-order valence-corrected chi connectivity index (χ2v) is 6.33. The predicted molar refractivity (Wildman–Crippen MR) is 98.9 cm³/mol. The average molecular weight is 346 g/mol. The van der Waals surface area contributed by atoms with Gasteiger partial charge in [0.1, 0.15) is 12.4 Å². The maximum Gasteiger partial charge on any atom is 0.338 e. The van der Waals surface area contributed by atoms with Crippen LogP contribution in [-0.2, 0) is 9.53 Å². The van der Waals surface area contributed by atoms with Crippen LogP contribution in [0.2, 0.25) is 0 Å². The van der Waals surface area contributed by atoms with Crippen molar-refractivity contribution in [3.63, 3.8) is 0 Å². The lowest BCUT2D eigenvalue weighted by atomic mass is 9.82. The Balaban J connectivity index is 1.81. The number of ketones is 1. The van der Waals surface area contributed by atoms with Gasteiger partial charge in [0.25, 0.3) is 0 Å². The molecule has 1 aliphatic carbocycles. The topological polar surface area (TPSA) is 52.6 Å². The fraction of sp³-hybridized carbons (Fsp3) is 0.182. The first-order chi connectivity index (χ1) is 12.7. The highest BCUT2D eigenvalue weighted by Gasteiger charge is 2.31. The van der Waals surface area contributed by atoms with Crippen LogP contribution in [0.5, 0.6) is 5.75 Å². The number of cyclic esters (lactones) is 1. The summed E-state index contributed by atoms with van der Waals surface area (Å²) >= 11 is 0. The first-order valence-corrected chi connectivity index (χ1v) is 8.55. The Labute approximate surface area is 151 Å². The SMILES string of the molecule is COc1ccc(/C=C2/C(=O)OC/C2=C2/CCC(=O)c3ccccc32)cc1. The van der Waals surface area contributed by atoms with E-state index in [9.17, 15) is 9.59 Å². The van der Waals surface area contributed by atoms with Crippen LogP contribution in [0.15, 0.2) is 59.7 Å². The minimum atomic E-state index is -0.322. The van der Waals surface area contributed by atoms with Gasteiger partial charge >= 0.3 is 5.97 Å². The fourth-order valence-corrected chi connectivity index (χ4v) is 3.49. The molecule has 1 aliphatic heterocycles. The van der Waals surface area contributed by atoms with Gasteiger partial charge in [-0.3, -0.25) is 4.79 Å². The number of Topliss-reactive ketones (excluding diaryl/α,β-unsaturated/α-hetero) is 1. The Morgan fingerprint density at radius 2 is 1.65 bits per heavy atom. The third-order valence-electron chi connectivity index (χ3n) is 4.84. The van der Waals surface area contributed by atoms with Crippen molar-refractivity contribution >= 4 is 23.4 Å². The molecule has 0 radical (unpaired) electrons. The van der Waals surface area contributed by atoms with Crippen molar-refractivity contribution in [2.24, 2.45) is 0 Å². The molecule has 130 valence electrons. The molecule has 1 fully saturated rings. The van der Waals surface area contributed by atoms with Crippen LogP contribution < -0.4 is 4.74 Å². The van der Waals surface area contributed by atoms with Gasteiger partial charge in [0, 0.05) is 17.6 Å². The molecule has 1 heterocycles. The quantitative estimate of drug-likeness (QED) is 0.608. The standard InChI is InChI=1S/C22H18O4/c1-25-15-8-6-14(7-9-15)12-19-20(13-26-22(19)24)17-10-11-21(23)18-5-3-2-4-16(17)18/h2-9,12H,10-11,13H2,1H3/b19-12+,20-17+. The number of ether oxygens (including phenoxy) is 2. The van der Waals surface area contributed by atoms with Crippen molar-refractivity contribution in [2.45, 2.75) is 12.8 Å². The van der Waals surface area contributed by atoms with E-state index in [4.69, 9.17) is 9.47 Å². The van der Waals surface area contributed by atoms with Gasteiger partial charge in [-0.15, -0.1) is 0 Å². The van der Waals surface area contributed by atoms with Crippen LogP contribution in [0, 0.1) is 0 Å². The van der Waals surface area contributed by atoms with Crippen LogP contribution in [-0.4, -0.2) is 25.5 Å². The number of carbonyl (C=O) groups excluding carboxylic acids is 2. The van der Waals surface area contributed by atoms with E-state index in [2.05, 4.69) is 0 Å².